The summed E-state index contributed by atoms with van der Waals surface area (Å²) in [6.45, 7) is 2.56. The van der Waals surface area contributed by atoms with E-state index in [4.69, 9.17) is 16.9 Å². The summed E-state index contributed by atoms with van der Waals surface area (Å²) in [5, 5.41) is 13.2. The number of nitrogens with one attached hydrogen (secondary N) is 1. The van der Waals surface area contributed by atoms with E-state index in [0.717, 1.165) is 9.88 Å². The molecule has 0 radical (unpaired) electrons. The first kappa shape index (κ1) is 11.8. The fourth-order valence-electron chi connectivity index (χ4n) is 1.30. The number of rotatable bonds is 3. The third-order valence-electron chi connectivity index (χ3n) is 2.09. The van der Waals surface area contributed by atoms with Crippen LogP contribution in [-0.4, -0.2) is 9.97 Å². The quantitative estimate of drug-likeness (QED) is 0.926. The van der Waals surface area contributed by atoms with E-state index in [1.807, 2.05) is 19.2 Å². The summed E-state index contributed by atoms with van der Waals surface area (Å²) in [6, 6.07) is 3.60. The normalized spacial score (nSPS) is 9.94. The minimum atomic E-state index is 0.350. The fraction of sp³-hybridized carbons (Fsp3) is 0.182. The fourth-order valence-corrected chi connectivity index (χ4v) is 2.24. The Morgan fingerprint density at radius 3 is 3.00 bits per heavy atom. The van der Waals surface area contributed by atoms with Gasteiger partial charge in [-0.3, -0.25) is 0 Å². The molecule has 4 nitrogen and oxygen atoms in total. The highest BCUT2D eigenvalue weighted by atomic mass is 35.5. The smallest absolute Gasteiger partial charge is 0.146 e. The van der Waals surface area contributed by atoms with E-state index < -0.39 is 0 Å². The molecule has 0 aliphatic rings. The van der Waals surface area contributed by atoms with Crippen LogP contribution in [0.1, 0.15) is 15.4 Å². The summed E-state index contributed by atoms with van der Waals surface area (Å²) < 4.78 is 0. The molecule has 0 aliphatic carbocycles. The van der Waals surface area contributed by atoms with Crippen LogP contribution in [0.4, 0.5) is 5.82 Å². The van der Waals surface area contributed by atoms with Crippen LogP contribution in [0.15, 0.2) is 18.5 Å². The zero-order valence-electron chi connectivity index (χ0n) is 9.07. The maximum absolute atomic E-state index is 8.83. The van der Waals surface area contributed by atoms with E-state index >= 15 is 0 Å². The second-order valence-electron chi connectivity index (χ2n) is 3.35. The van der Waals surface area contributed by atoms with E-state index in [0.29, 0.717) is 22.9 Å². The van der Waals surface area contributed by atoms with Crippen molar-refractivity contribution < 1.29 is 0 Å². The van der Waals surface area contributed by atoms with Crippen LogP contribution in [0, 0.1) is 18.3 Å². The molecule has 0 aliphatic heterocycles. The molecule has 0 fully saturated rings. The number of hydrogen-bond donors (Lipinski definition) is 1. The van der Waals surface area contributed by atoms with Crippen molar-refractivity contribution in [3.8, 4) is 6.07 Å². The van der Waals surface area contributed by atoms with Crippen molar-refractivity contribution in [2.75, 3.05) is 5.32 Å². The van der Waals surface area contributed by atoms with Gasteiger partial charge >= 0.3 is 0 Å². The molecule has 6 heteroatoms. The van der Waals surface area contributed by atoms with Crippen molar-refractivity contribution in [2.45, 2.75) is 13.5 Å². The molecular formula is C11H9ClN4S. The van der Waals surface area contributed by atoms with Crippen LogP contribution < -0.4 is 5.32 Å². The van der Waals surface area contributed by atoms with Gasteiger partial charge in [0.25, 0.3) is 0 Å². The summed E-state index contributed by atoms with van der Waals surface area (Å²) >= 11 is 7.63. The maximum Gasteiger partial charge on any atom is 0.146 e. The predicted molar refractivity (Wildman–Crippen MR) is 68.1 cm³/mol. The van der Waals surface area contributed by atoms with Crippen molar-refractivity contribution in [2.24, 2.45) is 0 Å². The highest BCUT2D eigenvalue weighted by molar-refractivity contribution is 7.11. The predicted octanol–water partition coefficient (Wildman–Crippen LogP) is 2.98. The van der Waals surface area contributed by atoms with Gasteiger partial charge in [0.15, 0.2) is 0 Å². The largest absolute Gasteiger partial charge is 0.362 e. The third-order valence-corrected chi connectivity index (χ3v) is 3.38. The molecule has 0 bridgehead atoms. The van der Waals surface area contributed by atoms with Crippen LogP contribution in [0.2, 0.25) is 5.02 Å². The summed E-state index contributed by atoms with van der Waals surface area (Å²) in [5.41, 5.74) is 0.416. The van der Waals surface area contributed by atoms with Crippen molar-refractivity contribution in [1.29, 1.82) is 5.26 Å². The molecule has 0 amide bonds. The van der Waals surface area contributed by atoms with Gasteiger partial charge in [0, 0.05) is 17.3 Å². The third kappa shape index (κ3) is 2.73. The number of pyridine rings is 1. The minimum Gasteiger partial charge on any atom is -0.362 e. The van der Waals surface area contributed by atoms with Crippen LogP contribution in [0.3, 0.4) is 0 Å². The zero-order chi connectivity index (χ0) is 12.3. The van der Waals surface area contributed by atoms with Gasteiger partial charge in [0.05, 0.1) is 12.1 Å². The van der Waals surface area contributed by atoms with E-state index in [2.05, 4.69) is 15.3 Å². The molecule has 0 aromatic carbocycles. The van der Waals surface area contributed by atoms with Crippen molar-refractivity contribution in [3.63, 3.8) is 0 Å². The molecule has 0 spiro atoms. The number of hydrogen-bond acceptors (Lipinski definition) is 5. The van der Waals surface area contributed by atoms with Crippen LogP contribution in [0.25, 0.3) is 0 Å². The lowest BCUT2D eigenvalue weighted by molar-refractivity contribution is 1.08. The molecule has 86 valence electrons. The van der Waals surface area contributed by atoms with Gasteiger partial charge in [-0.25, -0.2) is 9.97 Å². The monoisotopic (exact) mass is 264 g/mol. The second kappa shape index (κ2) is 5.13. The van der Waals surface area contributed by atoms with Gasteiger partial charge < -0.3 is 5.32 Å². The van der Waals surface area contributed by atoms with E-state index in [9.17, 15) is 0 Å². The standard InChI is InChI=1S/C11H9ClN4S/c1-7-5-15-9(17-7)6-16-11-10(12)8(4-13)2-3-14-11/h2-3,5H,6H2,1H3,(H,14,16). The average molecular weight is 265 g/mol. The molecule has 2 aromatic heterocycles. The second-order valence-corrected chi connectivity index (χ2v) is 5.05. The molecule has 0 atom stereocenters. The Bertz CT molecular complexity index is 573. The molecule has 0 saturated heterocycles. The maximum atomic E-state index is 8.83. The lowest BCUT2D eigenvalue weighted by Gasteiger charge is -2.05. The Hall–Kier alpha value is -1.64. The lowest BCUT2D eigenvalue weighted by Crippen LogP contribution is -2.02. The van der Waals surface area contributed by atoms with Crippen molar-refractivity contribution in [1.82, 2.24) is 9.97 Å². The molecule has 2 heterocycles. The summed E-state index contributed by atoms with van der Waals surface area (Å²) in [4.78, 5) is 9.47. The summed E-state index contributed by atoms with van der Waals surface area (Å²) in [7, 11) is 0. The Morgan fingerprint density at radius 2 is 2.35 bits per heavy atom. The minimum absolute atomic E-state index is 0.350. The van der Waals surface area contributed by atoms with Crippen LogP contribution in [-0.2, 0) is 6.54 Å². The molecule has 0 saturated carbocycles. The first-order valence-electron chi connectivity index (χ1n) is 4.90. The SMILES string of the molecule is Cc1cnc(CNc2nccc(C#N)c2Cl)s1. The molecule has 0 unspecified atom stereocenters. The van der Waals surface area contributed by atoms with Crippen LogP contribution in [0.5, 0.6) is 0 Å². The highest BCUT2D eigenvalue weighted by Gasteiger charge is 2.07. The molecule has 17 heavy (non-hydrogen) atoms. The highest BCUT2D eigenvalue weighted by Crippen LogP contribution is 2.23. The van der Waals surface area contributed by atoms with E-state index in [1.165, 1.54) is 0 Å². The number of thiazole rings is 1. The number of halogens is 1. The Kier molecular flexibility index (Phi) is 3.57. The number of aromatic nitrogens is 2. The van der Waals surface area contributed by atoms with Gasteiger partial charge in [-0.2, -0.15) is 5.26 Å². The van der Waals surface area contributed by atoms with Gasteiger partial charge in [-0.05, 0) is 13.0 Å². The Labute approximate surface area is 108 Å². The molecule has 1 N–H and O–H groups in total. The summed E-state index contributed by atoms with van der Waals surface area (Å²) in [6.07, 6.45) is 3.38. The zero-order valence-corrected chi connectivity index (χ0v) is 10.6. The Balaban J connectivity index is 2.12. The van der Waals surface area contributed by atoms with Crippen LogP contribution >= 0.6 is 22.9 Å². The van der Waals surface area contributed by atoms with E-state index in [1.54, 1.807) is 23.6 Å². The van der Waals surface area contributed by atoms with Crippen molar-refractivity contribution >= 4 is 28.8 Å². The number of anilines is 1. The lowest BCUT2D eigenvalue weighted by atomic mass is 10.3. The number of nitrogens with zero attached hydrogens (tertiary/aromatic N) is 3. The van der Waals surface area contributed by atoms with Crippen molar-refractivity contribution in [3.05, 3.63) is 38.9 Å². The van der Waals surface area contributed by atoms with Gasteiger partial charge in [-0.15, -0.1) is 11.3 Å². The first-order chi connectivity index (χ1) is 8.20. The van der Waals surface area contributed by atoms with E-state index in [-0.39, 0.29) is 0 Å². The topological polar surface area (TPSA) is 61.6 Å². The average Bonchev–Trinajstić information content (AvgIpc) is 2.74. The first-order valence-corrected chi connectivity index (χ1v) is 6.10. The van der Waals surface area contributed by atoms with Gasteiger partial charge in [-0.1, -0.05) is 11.6 Å². The number of nitriles is 1. The van der Waals surface area contributed by atoms with Gasteiger partial charge in [0.2, 0.25) is 0 Å². The van der Waals surface area contributed by atoms with Gasteiger partial charge in [0.1, 0.15) is 21.9 Å². The molecular weight excluding hydrogens is 256 g/mol. The Morgan fingerprint density at radius 1 is 1.53 bits per heavy atom. The molecule has 2 rings (SSSR count). The number of aryl methyl sites for hydroxylation is 1. The summed E-state index contributed by atoms with van der Waals surface area (Å²) in [5.74, 6) is 0.513. The molecule has 2 aromatic rings.